The predicted molar refractivity (Wildman–Crippen MR) is 84.1 cm³/mol. The van der Waals surface area contributed by atoms with Crippen molar-refractivity contribution in [2.45, 2.75) is 32.7 Å². The molecular weight excluding hydrogens is 265 g/mol. The van der Waals surface area contributed by atoms with Crippen molar-refractivity contribution in [3.05, 3.63) is 64.5 Å². The topological polar surface area (TPSA) is 35.2 Å². The van der Waals surface area contributed by atoms with Crippen LogP contribution in [0.4, 0.5) is 4.39 Å². The van der Waals surface area contributed by atoms with Gasteiger partial charge in [-0.2, -0.15) is 0 Å². The molecule has 21 heavy (non-hydrogen) atoms. The zero-order valence-electron chi connectivity index (χ0n) is 13.0. The summed E-state index contributed by atoms with van der Waals surface area (Å²) >= 11 is 0. The van der Waals surface area contributed by atoms with Gasteiger partial charge in [0.25, 0.3) is 0 Å². The van der Waals surface area contributed by atoms with Gasteiger partial charge in [-0.15, -0.1) is 0 Å². The van der Waals surface area contributed by atoms with E-state index in [2.05, 4.69) is 6.07 Å². The Hall–Kier alpha value is -1.87. The Morgan fingerprint density at radius 1 is 1.19 bits per heavy atom. The summed E-state index contributed by atoms with van der Waals surface area (Å²) in [7, 11) is 1.65. The Morgan fingerprint density at radius 3 is 2.52 bits per heavy atom. The SMILES string of the molecule is COc1cc(C)cc(C)c1C(C)(N)Cc1cccc(F)c1. The molecule has 3 heteroatoms. The lowest BCUT2D eigenvalue weighted by Crippen LogP contribution is -2.36. The van der Waals surface area contributed by atoms with Crippen LogP contribution in [-0.2, 0) is 12.0 Å². The van der Waals surface area contributed by atoms with Crippen molar-refractivity contribution < 1.29 is 9.13 Å². The summed E-state index contributed by atoms with van der Waals surface area (Å²) < 4.78 is 18.9. The molecule has 0 amide bonds. The van der Waals surface area contributed by atoms with Gasteiger partial charge in [0.05, 0.1) is 7.11 Å². The van der Waals surface area contributed by atoms with E-state index in [0.717, 1.165) is 28.0 Å². The number of aryl methyl sites for hydroxylation is 2. The maximum atomic E-state index is 13.4. The molecule has 0 aliphatic rings. The van der Waals surface area contributed by atoms with Gasteiger partial charge in [0.1, 0.15) is 11.6 Å². The van der Waals surface area contributed by atoms with Gasteiger partial charge in [-0.3, -0.25) is 0 Å². The van der Waals surface area contributed by atoms with Crippen molar-refractivity contribution in [2.24, 2.45) is 5.73 Å². The summed E-state index contributed by atoms with van der Waals surface area (Å²) in [5.74, 6) is 0.546. The van der Waals surface area contributed by atoms with Crippen molar-refractivity contribution in [3.8, 4) is 5.75 Å². The van der Waals surface area contributed by atoms with Crippen LogP contribution < -0.4 is 10.5 Å². The van der Waals surface area contributed by atoms with Crippen LogP contribution >= 0.6 is 0 Å². The van der Waals surface area contributed by atoms with Crippen molar-refractivity contribution in [1.29, 1.82) is 0 Å². The second-order valence-electron chi connectivity index (χ2n) is 5.88. The van der Waals surface area contributed by atoms with Crippen molar-refractivity contribution >= 4 is 0 Å². The molecule has 2 rings (SSSR count). The summed E-state index contributed by atoms with van der Waals surface area (Å²) in [6, 6.07) is 10.6. The van der Waals surface area contributed by atoms with E-state index < -0.39 is 5.54 Å². The predicted octanol–water partition coefficient (Wildman–Crippen LogP) is 3.87. The quantitative estimate of drug-likeness (QED) is 0.926. The molecule has 1 unspecified atom stereocenters. The maximum absolute atomic E-state index is 13.4. The molecule has 0 spiro atoms. The molecule has 0 heterocycles. The Labute approximate surface area is 125 Å². The lowest BCUT2D eigenvalue weighted by atomic mass is 9.83. The summed E-state index contributed by atoms with van der Waals surface area (Å²) in [5, 5.41) is 0. The van der Waals surface area contributed by atoms with E-state index in [4.69, 9.17) is 10.5 Å². The number of hydrogen-bond acceptors (Lipinski definition) is 2. The standard InChI is InChI=1S/C18H22FNO/c1-12-8-13(2)17(16(9-12)21-4)18(3,20)11-14-6-5-7-15(19)10-14/h5-10H,11,20H2,1-4H3. The van der Waals surface area contributed by atoms with Crippen LogP contribution in [-0.4, -0.2) is 7.11 Å². The monoisotopic (exact) mass is 287 g/mol. The molecule has 0 fully saturated rings. The van der Waals surface area contributed by atoms with Crippen LogP contribution in [0.3, 0.4) is 0 Å². The highest BCUT2D eigenvalue weighted by molar-refractivity contribution is 5.47. The fraction of sp³-hybridized carbons (Fsp3) is 0.333. The van der Waals surface area contributed by atoms with E-state index >= 15 is 0 Å². The van der Waals surface area contributed by atoms with Gasteiger partial charge >= 0.3 is 0 Å². The second kappa shape index (κ2) is 5.86. The van der Waals surface area contributed by atoms with Crippen LogP contribution in [0.15, 0.2) is 36.4 Å². The molecule has 1 atom stereocenters. The molecule has 0 saturated heterocycles. The first kappa shape index (κ1) is 15.5. The molecule has 0 bridgehead atoms. The molecular formula is C18H22FNO. The van der Waals surface area contributed by atoms with Gasteiger partial charge in [-0.25, -0.2) is 4.39 Å². The highest BCUT2D eigenvalue weighted by atomic mass is 19.1. The summed E-state index contributed by atoms with van der Waals surface area (Å²) in [6.07, 6.45) is 0.547. The Bertz CT molecular complexity index is 650. The van der Waals surface area contributed by atoms with Gasteiger partial charge in [0, 0.05) is 11.1 Å². The highest BCUT2D eigenvalue weighted by Crippen LogP contribution is 2.34. The summed E-state index contributed by atoms with van der Waals surface area (Å²) in [4.78, 5) is 0. The van der Waals surface area contributed by atoms with Crippen LogP contribution in [0.2, 0.25) is 0 Å². The molecule has 0 aliphatic carbocycles. The van der Waals surface area contributed by atoms with E-state index in [1.807, 2.05) is 32.9 Å². The fourth-order valence-electron chi connectivity index (χ4n) is 2.98. The summed E-state index contributed by atoms with van der Waals surface area (Å²) in [5.41, 5.74) is 9.99. The molecule has 2 nitrogen and oxygen atoms in total. The number of ether oxygens (including phenoxy) is 1. The zero-order valence-corrected chi connectivity index (χ0v) is 13.0. The second-order valence-corrected chi connectivity index (χ2v) is 5.88. The molecule has 2 aromatic rings. The number of hydrogen-bond donors (Lipinski definition) is 1. The zero-order chi connectivity index (χ0) is 15.6. The average Bonchev–Trinajstić information content (AvgIpc) is 2.36. The largest absolute Gasteiger partial charge is 0.496 e. The number of benzene rings is 2. The van der Waals surface area contributed by atoms with Crippen LogP contribution in [0, 0.1) is 19.7 Å². The van der Waals surface area contributed by atoms with E-state index in [1.165, 1.54) is 12.1 Å². The highest BCUT2D eigenvalue weighted by Gasteiger charge is 2.27. The Morgan fingerprint density at radius 2 is 1.90 bits per heavy atom. The van der Waals surface area contributed by atoms with Crippen LogP contribution in [0.1, 0.15) is 29.2 Å². The fourth-order valence-corrected chi connectivity index (χ4v) is 2.98. The lowest BCUT2D eigenvalue weighted by Gasteiger charge is -2.29. The van der Waals surface area contributed by atoms with Gasteiger partial charge < -0.3 is 10.5 Å². The van der Waals surface area contributed by atoms with E-state index in [0.29, 0.717) is 6.42 Å². The van der Waals surface area contributed by atoms with E-state index in [-0.39, 0.29) is 5.82 Å². The number of nitrogens with two attached hydrogens (primary N) is 1. The molecule has 2 aromatic carbocycles. The Balaban J connectivity index is 2.44. The van der Waals surface area contributed by atoms with Gasteiger partial charge in [-0.05, 0) is 62.1 Å². The van der Waals surface area contributed by atoms with Crippen molar-refractivity contribution in [2.75, 3.05) is 7.11 Å². The molecule has 0 saturated carbocycles. The Kier molecular flexibility index (Phi) is 4.33. The van der Waals surface area contributed by atoms with Crippen LogP contribution in [0.5, 0.6) is 5.75 Å². The number of rotatable bonds is 4. The minimum absolute atomic E-state index is 0.240. The molecule has 0 aliphatic heterocycles. The lowest BCUT2D eigenvalue weighted by molar-refractivity contribution is 0.384. The minimum Gasteiger partial charge on any atom is -0.496 e. The minimum atomic E-state index is -0.628. The third-order valence-corrected chi connectivity index (χ3v) is 3.70. The normalized spacial score (nSPS) is 13.8. The first-order valence-electron chi connectivity index (χ1n) is 7.02. The van der Waals surface area contributed by atoms with E-state index in [9.17, 15) is 4.39 Å². The first-order chi connectivity index (χ1) is 9.83. The smallest absolute Gasteiger partial charge is 0.124 e. The summed E-state index contributed by atoms with van der Waals surface area (Å²) in [6.45, 7) is 6.01. The average molecular weight is 287 g/mol. The molecule has 0 radical (unpaired) electrons. The van der Waals surface area contributed by atoms with Gasteiger partial charge in [-0.1, -0.05) is 18.2 Å². The molecule has 2 N–H and O–H groups in total. The number of halogens is 1. The molecule has 112 valence electrons. The number of methoxy groups -OCH3 is 1. The molecule has 0 aromatic heterocycles. The first-order valence-corrected chi connectivity index (χ1v) is 7.02. The van der Waals surface area contributed by atoms with Gasteiger partial charge in [0.2, 0.25) is 0 Å². The van der Waals surface area contributed by atoms with Crippen molar-refractivity contribution in [3.63, 3.8) is 0 Å². The van der Waals surface area contributed by atoms with Crippen LogP contribution in [0.25, 0.3) is 0 Å². The maximum Gasteiger partial charge on any atom is 0.124 e. The van der Waals surface area contributed by atoms with E-state index in [1.54, 1.807) is 13.2 Å². The van der Waals surface area contributed by atoms with Crippen molar-refractivity contribution in [1.82, 2.24) is 0 Å². The third-order valence-electron chi connectivity index (χ3n) is 3.70. The third kappa shape index (κ3) is 3.42. The van der Waals surface area contributed by atoms with Gasteiger partial charge in [0.15, 0.2) is 0 Å².